The fraction of sp³-hybridized carbons (Fsp3) is 1.00. The van der Waals surface area contributed by atoms with Crippen molar-refractivity contribution in [1.29, 1.82) is 0 Å². The van der Waals surface area contributed by atoms with Crippen LogP contribution in [0.4, 0.5) is 0 Å². The molecule has 0 saturated heterocycles. The molecule has 0 aliphatic rings. The minimum absolute atomic E-state index is 0.606. The lowest BCUT2D eigenvalue weighted by molar-refractivity contribution is -1.91. The van der Waals surface area contributed by atoms with E-state index < -0.39 is 20.6 Å². The van der Waals surface area contributed by atoms with Crippen molar-refractivity contribution in [2.75, 3.05) is 17.3 Å². The molecule has 0 N–H and O–H groups in total. The first-order valence-electron chi connectivity index (χ1n) is 3.77. The van der Waals surface area contributed by atoms with Gasteiger partial charge in [0, 0.05) is 27.6 Å². The lowest BCUT2D eigenvalue weighted by Crippen LogP contribution is -2.61. The van der Waals surface area contributed by atoms with Crippen LogP contribution < -0.4 is 14.0 Å². The topological polar surface area (TPSA) is 78.4 Å². The molecule has 0 bridgehead atoms. The van der Waals surface area contributed by atoms with Crippen LogP contribution in [-0.4, -0.2) is 17.3 Å². The van der Waals surface area contributed by atoms with Crippen molar-refractivity contribution in [3.05, 3.63) is 0 Å². The second kappa shape index (κ2) is 4.64. The first kappa shape index (κ1) is 12.5. The molecule has 0 atom stereocenters. The summed E-state index contributed by atoms with van der Waals surface area (Å²) < 4.78 is 35.6. The summed E-state index contributed by atoms with van der Waals surface area (Å²) in [4.78, 5) is 0. The van der Waals surface area contributed by atoms with Gasteiger partial charge in [0.2, 0.25) is 0 Å². The monoisotopic (exact) mass is 218 g/mol. The number of rotatable bonds is 5. The smallest absolute Gasteiger partial charge is 0.121 e. The summed E-state index contributed by atoms with van der Waals surface area (Å²) in [6.07, 6.45) is 0. The van der Waals surface area contributed by atoms with Crippen molar-refractivity contribution in [3.8, 4) is 0 Å². The highest BCUT2D eigenvalue weighted by Gasteiger charge is 2.36. The van der Waals surface area contributed by atoms with Crippen molar-refractivity contribution < 1.29 is 28.0 Å². The highest BCUT2D eigenvalue weighted by atomic mass is 35.7. The molecular formula is C6H15ClO4S. The zero-order chi connectivity index (χ0) is 9.83. The van der Waals surface area contributed by atoms with Crippen LogP contribution in [0.15, 0.2) is 0 Å². The van der Waals surface area contributed by atoms with Gasteiger partial charge in [-0.25, -0.2) is 0 Å². The highest BCUT2D eigenvalue weighted by Crippen LogP contribution is 2.49. The van der Waals surface area contributed by atoms with Crippen molar-refractivity contribution in [2.24, 2.45) is 0 Å². The minimum Gasteiger partial charge on any atom is -0.182 e. The molecular weight excluding hydrogens is 204 g/mol. The lowest BCUT2D eigenvalue weighted by Gasteiger charge is -2.30. The van der Waals surface area contributed by atoms with Gasteiger partial charge in [0.25, 0.3) is 0 Å². The zero-order valence-electron chi connectivity index (χ0n) is 7.54. The van der Waals surface area contributed by atoms with Crippen LogP contribution in [0.2, 0.25) is 0 Å². The normalized spacial score (nSPS) is 14.8. The van der Waals surface area contributed by atoms with Gasteiger partial charge in [0.1, 0.15) is 3.74 Å². The van der Waals surface area contributed by atoms with Crippen molar-refractivity contribution >= 4 is 10.3 Å². The van der Waals surface area contributed by atoms with Gasteiger partial charge in [-0.05, 0) is 0 Å². The molecule has 0 spiro atoms. The molecule has 0 aliphatic carbocycles. The van der Waals surface area contributed by atoms with Gasteiger partial charge >= 0.3 is 0 Å². The largest absolute Gasteiger partial charge is 0.182 e. The maximum absolute atomic E-state index is 10.3. The lowest BCUT2D eigenvalue weighted by atomic mass is 10.9. The summed E-state index contributed by atoms with van der Waals surface area (Å²) in [5.41, 5.74) is 0. The fourth-order valence-corrected chi connectivity index (χ4v) is 4.51. The Morgan fingerprint density at radius 2 is 1.33 bits per heavy atom. The van der Waals surface area contributed by atoms with E-state index in [2.05, 4.69) is 3.74 Å². The Balaban J connectivity index is 4.30. The molecule has 0 rings (SSSR count). The average molecular weight is 219 g/mol. The molecule has 0 unspecified atom stereocenters. The van der Waals surface area contributed by atoms with Gasteiger partial charge in [0.05, 0.1) is 10.2 Å². The summed E-state index contributed by atoms with van der Waals surface area (Å²) in [5.74, 6) is 1.82. The second-order valence-corrected chi connectivity index (χ2v) is 7.20. The van der Waals surface area contributed by atoms with E-state index in [-0.39, 0.29) is 0 Å². The molecule has 6 heteroatoms. The van der Waals surface area contributed by atoms with Crippen LogP contribution >= 0.6 is 10.3 Å². The predicted octanol–water partition coefficient (Wildman–Crippen LogP) is -1.32. The van der Waals surface area contributed by atoms with E-state index in [1.54, 1.807) is 0 Å². The van der Waals surface area contributed by atoms with Gasteiger partial charge in [-0.2, -0.15) is 14.0 Å². The summed E-state index contributed by atoms with van der Waals surface area (Å²) in [6.45, 7) is 5.51. The van der Waals surface area contributed by atoms with Crippen LogP contribution in [0.3, 0.4) is 0 Å². The Bertz CT molecular complexity index is 124. The quantitative estimate of drug-likeness (QED) is 0.574. The van der Waals surface area contributed by atoms with E-state index >= 15 is 0 Å². The fourth-order valence-electron chi connectivity index (χ4n) is 0.910. The molecule has 0 amide bonds. The number of hydrogen-bond donors (Lipinski definition) is 0. The van der Waals surface area contributed by atoms with Crippen LogP contribution in [0.1, 0.15) is 20.8 Å². The third-order valence-corrected chi connectivity index (χ3v) is 6.63. The summed E-state index contributed by atoms with van der Waals surface area (Å²) in [6, 6.07) is 0. The highest BCUT2D eigenvalue weighted by molar-refractivity contribution is 8.29. The molecule has 0 radical (unpaired) electrons. The Hall–Kier alpha value is 0.480. The van der Waals surface area contributed by atoms with Gasteiger partial charge < -0.3 is 0 Å². The van der Waals surface area contributed by atoms with E-state index in [0.29, 0.717) is 17.3 Å². The van der Waals surface area contributed by atoms with Crippen LogP contribution in [0, 0.1) is 10.2 Å². The minimum atomic E-state index is -4.26. The van der Waals surface area contributed by atoms with E-state index in [1.165, 1.54) is 0 Å². The molecule has 0 heterocycles. The molecule has 12 heavy (non-hydrogen) atoms. The molecule has 0 aromatic carbocycles. The molecule has 0 aliphatic heterocycles. The molecule has 76 valence electrons. The van der Waals surface area contributed by atoms with E-state index in [1.807, 2.05) is 20.8 Å². The molecule has 0 aromatic heterocycles. The Morgan fingerprint density at radius 1 is 1.00 bits per heavy atom. The van der Waals surface area contributed by atoms with Crippen molar-refractivity contribution in [2.45, 2.75) is 20.8 Å². The maximum atomic E-state index is 10.3. The Morgan fingerprint density at radius 3 is 1.42 bits per heavy atom. The van der Waals surface area contributed by atoms with Crippen LogP contribution in [-0.2, 0) is 3.74 Å². The SMILES string of the molecule is CCS(CC)(CC)O[Cl+3]([O-])([O-])[O-]. The predicted molar refractivity (Wildman–Crippen MR) is 40.3 cm³/mol. The number of halogens is 1. The van der Waals surface area contributed by atoms with Gasteiger partial charge in [-0.15, -0.1) is 0 Å². The molecule has 4 nitrogen and oxygen atoms in total. The third-order valence-electron chi connectivity index (χ3n) is 1.79. The second-order valence-electron chi connectivity index (χ2n) is 2.27. The summed E-state index contributed by atoms with van der Waals surface area (Å²) in [7, 11) is -5.94. The average Bonchev–Trinajstić information content (AvgIpc) is 1.99. The van der Waals surface area contributed by atoms with E-state index in [0.717, 1.165) is 0 Å². The standard InChI is InChI=1S/C6H15ClO4S/c1-4-12(5-2,6-3)11-7(8,9)10/h4-6H2,1-3H3. The third kappa shape index (κ3) is 3.93. The summed E-state index contributed by atoms with van der Waals surface area (Å²) in [5, 5.41) is 0. The van der Waals surface area contributed by atoms with E-state index in [9.17, 15) is 14.0 Å². The molecule has 0 saturated carbocycles. The maximum Gasteiger partial charge on any atom is 0.121 e. The van der Waals surface area contributed by atoms with Crippen LogP contribution in [0.25, 0.3) is 0 Å². The molecule has 0 aromatic rings. The van der Waals surface area contributed by atoms with Crippen LogP contribution in [0.5, 0.6) is 0 Å². The zero-order valence-corrected chi connectivity index (χ0v) is 9.11. The molecule has 0 fully saturated rings. The summed E-state index contributed by atoms with van der Waals surface area (Å²) >= 11 is 0. The van der Waals surface area contributed by atoms with E-state index in [4.69, 9.17) is 0 Å². The Kier molecular flexibility index (Phi) is 4.83. The number of hydrogen-bond acceptors (Lipinski definition) is 4. The first-order valence-corrected chi connectivity index (χ1v) is 7.07. The Labute approximate surface area is 76.8 Å². The van der Waals surface area contributed by atoms with Gasteiger partial charge in [0.15, 0.2) is 0 Å². The van der Waals surface area contributed by atoms with Gasteiger partial charge in [-0.1, -0.05) is 20.8 Å². The van der Waals surface area contributed by atoms with Gasteiger partial charge in [-0.3, -0.25) is 0 Å². The first-order chi connectivity index (χ1) is 5.39. The van der Waals surface area contributed by atoms with Crippen molar-refractivity contribution in [1.82, 2.24) is 0 Å². The van der Waals surface area contributed by atoms with Crippen molar-refractivity contribution in [3.63, 3.8) is 0 Å².